The van der Waals surface area contributed by atoms with Crippen molar-refractivity contribution >= 4 is 17.7 Å². The first kappa shape index (κ1) is 13.4. The molecule has 0 spiro atoms. The minimum Gasteiger partial charge on any atom is -0.478 e. The van der Waals surface area contributed by atoms with Gasteiger partial charge in [-0.05, 0) is 30.5 Å². The molecule has 2 aromatic rings. The van der Waals surface area contributed by atoms with Gasteiger partial charge in [0, 0.05) is 4.90 Å². The van der Waals surface area contributed by atoms with Crippen molar-refractivity contribution in [1.29, 1.82) is 0 Å². The molecule has 0 aromatic heterocycles. The molecule has 5 heteroatoms. The van der Waals surface area contributed by atoms with Crippen molar-refractivity contribution in [3.8, 4) is 11.5 Å². The summed E-state index contributed by atoms with van der Waals surface area (Å²) in [5.74, 6) is -1.50. The van der Waals surface area contributed by atoms with Crippen LogP contribution in [0.5, 0.6) is 11.5 Å². The Morgan fingerprint density at radius 1 is 1.16 bits per heavy atom. The number of hydrogen-bond acceptors (Lipinski definition) is 3. The Hall–Kier alpha value is -2.01. The molecule has 0 aliphatic heterocycles. The number of carbonyl (C=O) groups is 1. The van der Waals surface area contributed by atoms with Crippen molar-refractivity contribution in [2.45, 2.75) is 4.90 Å². The fourth-order valence-electron chi connectivity index (χ4n) is 1.62. The van der Waals surface area contributed by atoms with Crippen LogP contribution in [-0.2, 0) is 0 Å². The van der Waals surface area contributed by atoms with Crippen LogP contribution in [-0.4, -0.2) is 17.3 Å². The summed E-state index contributed by atoms with van der Waals surface area (Å²) in [6, 6.07) is 10.7. The molecule has 98 valence electrons. The van der Waals surface area contributed by atoms with Crippen LogP contribution in [0.25, 0.3) is 0 Å². The van der Waals surface area contributed by atoms with E-state index in [9.17, 15) is 14.3 Å². The van der Waals surface area contributed by atoms with Crippen LogP contribution in [0.1, 0.15) is 10.4 Å². The second-order valence-corrected chi connectivity index (χ2v) is 4.52. The minimum absolute atomic E-state index is 0.00301. The first-order valence-corrected chi connectivity index (χ1v) is 6.68. The molecule has 0 radical (unpaired) electrons. The molecule has 3 nitrogen and oxygen atoms in total. The van der Waals surface area contributed by atoms with Crippen molar-refractivity contribution in [2.75, 3.05) is 6.26 Å². The fourth-order valence-corrected chi connectivity index (χ4v) is 2.23. The molecular weight excluding hydrogens is 267 g/mol. The summed E-state index contributed by atoms with van der Waals surface area (Å²) in [5.41, 5.74) is 0.0400. The van der Waals surface area contributed by atoms with Gasteiger partial charge in [-0.3, -0.25) is 0 Å². The average molecular weight is 278 g/mol. The van der Waals surface area contributed by atoms with E-state index >= 15 is 0 Å². The van der Waals surface area contributed by atoms with E-state index in [1.165, 1.54) is 30.0 Å². The highest BCUT2D eigenvalue weighted by Crippen LogP contribution is 2.32. The molecule has 2 aromatic carbocycles. The molecule has 0 atom stereocenters. The van der Waals surface area contributed by atoms with Gasteiger partial charge >= 0.3 is 5.97 Å². The smallest absolute Gasteiger partial charge is 0.340 e. The molecule has 0 saturated carbocycles. The van der Waals surface area contributed by atoms with Crippen LogP contribution < -0.4 is 4.74 Å². The molecule has 2 rings (SSSR count). The lowest BCUT2D eigenvalue weighted by atomic mass is 10.2. The van der Waals surface area contributed by atoms with Crippen molar-refractivity contribution in [2.24, 2.45) is 0 Å². The number of aromatic carboxylic acids is 1. The van der Waals surface area contributed by atoms with Gasteiger partial charge in [-0.1, -0.05) is 18.2 Å². The highest BCUT2D eigenvalue weighted by molar-refractivity contribution is 7.98. The number of carboxylic acid groups (broad SMARTS) is 1. The first-order valence-electron chi connectivity index (χ1n) is 5.46. The molecule has 0 fully saturated rings. The molecule has 0 aliphatic carbocycles. The third-order valence-corrected chi connectivity index (χ3v) is 3.26. The van der Waals surface area contributed by atoms with Gasteiger partial charge in [0.2, 0.25) is 0 Å². The highest BCUT2D eigenvalue weighted by Gasteiger charge is 2.17. The quantitative estimate of drug-likeness (QED) is 0.857. The summed E-state index contributed by atoms with van der Waals surface area (Å²) < 4.78 is 18.9. The number of ether oxygens (including phenoxy) is 1. The maximum Gasteiger partial charge on any atom is 0.340 e. The normalized spacial score (nSPS) is 10.2. The third kappa shape index (κ3) is 2.88. The maximum absolute atomic E-state index is 13.5. The van der Waals surface area contributed by atoms with Crippen molar-refractivity contribution in [3.63, 3.8) is 0 Å². The van der Waals surface area contributed by atoms with Crippen molar-refractivity contribution < 1.29 is 19.0 Å². The maximum atomic E-state index is 13.5. The Bertz CT molecular complexity index is 613. The molecule has 0 amide bonds. The number of carboxylic acids is 1. The largest absolute Gasteiger partial charge is 0.478 e. The second-order valence-electron chi connectivity index (χ2n) is 3.67. The summed E-state index contributed by atoms with van der Waals surface area (Å²) in [6.45, 7) is 0. The van der Waals surface area contributed by atoms with Crippen molar-refractivity contribution in [1.82, 2.24) is 0 Å². The van der Waals surface area contributed by atoms with Gasteiger partial charge in [-0.15, -0.1) is 11.8 Å². The topological polar surface area (TPSA) is 46.5 Å². The zero-order valence-corrected chi connectivity index (χ0v) is 10.9. The summed E-state index contributed by atoms with van der Waals surface area (Å²) >= 11 is 1.30. The summed E-state index contributed by atoms with van der Waals surface area (Å²) in [5, 5.41) is 9.24. The number of rotatable bonds is 4. The Morgan fingerprint density at radius 2 is 1.84 bits per heavy atom. The van der Waals surface area contributed by atoms with E-state index in [2.05, 4.69) is 0 Å². The zero-order chi connectivity index (χ0) is 13.8. The standard InChI is InChI=1S/C14H11FO3S/c1-19-12-8-4-7-11(13(12)14(16)17)18-10-6-3-2-5-9(10)15/h2-8H,1H3,(H,16,17). The lowest BCUT2D eigenvalue weighted by Gasteiger charge is -2.11. The van der Waals surface area contributed by atoms with E-state index < -0.39 is 11.8 Å². The van der Waals surface area contributed by atoms with E-state index in [-0.39, 0.29) is 17.1 Å². The predicted octanol–water partition coefficient (Wildman–Crippen LogP) is 4.04. The zero-order valence-electron chi connectivity index (χ0n) is 10.1. The molecule has 0 bridgehead atoms. The minimum atomic E-state index is -1.10. The molecular formula is C14H11FO3S. The van der Waals surface area contributed by atoms with Gasteiger partial charge in [-0.25, -0.2) is 9.18 Å². The van der Waals surface area contributed by atoms with E-state index in [0.29, 0.717) is 4.90 Å². The molecule has 0 saturated heterocycles. The number of halogens is 1. The molecule has 1 N–H and O–H groups in total. The number of thioether (sulfide) groups is 1. The van der Waals surface area contributed by atoms with Gasteiger partial charge in [0.05, 0.1) is 0 Å². The molecule has 0 unspecified atom stereocenters. The van der Waals surface area contributed by atoms with Gasteiger partial charge in [0.25, 0.3) is 0 Å². The van der Waals surface area contributed by atoms with Gasteiger partial charge < -0.3 is 9.84 Å². The average Bonchev–Trinajstić information content (AvgIpc) is 2.40. The lowest BCUT2D eigenvalue weighted by Crippen LogP contribution is -2.02. The Kier molecular flexibility index (Phi) is 4.06. The molecule has 0 heterocycles. The van der Waals surface area contributed by atoms with Gasteiger partial charge in [0.15, 0.2) is 11.6 Å². The highest BCUT2D eigenvalue weighted by atomic mass is 32.2. The van der Waals surface area contributed by atoms with E-state index in [1.807, 2.05) is 0 Å². The monoisotopic (exact) mass is 278 g/mol. The lowest BCUT2D eigenvalue weighted by molar-refractivity contribution is 0.0690. The Balaban J connectivity index is 2.46. The number of benzene rings is 2. The van der Waals surface area contributed by atoms with Crippen LogP contribution in [0, 0.1) is 5.82 Å². The van der Waals surface area contributed by atoms with E-state index in [4.69, 9.17) is 4.74 Å². The molecule has 0 aliphatic rings. The Labute approximate surface area is 114 Å². The first-order chi connectivity index (χ1) is 9.13. The van der Waals surface area contributed by atoms with Gasteiger partial charge in [-0.2, -0.15) is 0 Å². The van der Waals surface area contributed by atoms with E-state index in [1.54, 1.807) is 30.5 Å². The summed E-state index contributed by atoms with van der Waals surface area (Å²) in [4.78, 5) is 11.9. The number of hydrogen-bond donors (Lipinski definition) is 1. The summed E-state index contributed by atoms with van der Waals surface area (Å²) in [6.07, 6.45) is 1.77. The molecule has 19 heavy (non-hydrogen) atoms. The van der Waals surface area contributed by atoms with Crippen LogP contribution in [0.2, 0.25) is 0 Å². The van der Waals surface area contributed by atoms with E-state index in [0.717, 1.165) is 0 Å². The van der Waals surface area contributed by atoms with Crippen LogP contribution in [0.4, 0.5) is 4.39 Å². The number of para-hydroxylation sites is 1. The van der Waals surface area contributed by atoms with Crippen LogP contribution in [0.3, 0.4) is 0 Å². The Morgan fingerprint density at radius 3 is 2.47 bits per heavy atom. The SMILES string of the molecule is CSc1cccc(Oc2ccccc2F)c1C(=O)O. The van der Waals surface area contributed by atoms with Crippen molar-refractivity contribution in [3.05, 3.63) is 53.8 Å². The summed E-state index contributed by atoms with van der Waals surface area (Å²) in [7, 11) is 0. The fraction of sp³-hybridized carbons (Fsp3) is 0.0714. The predicted molar refractivity (Wildman–Crippen MR) is 71.7 cm³/mol. The van der Waals surface area contributed by atoms with Gasteiger partial charge in [0.1, 0.15) is 11.3 Å². The van der Waals surface area contributed by atoms with Crippen LogP contribution in [0.15, 0.2) is 47.4 Å². The third-order valence-electron chi connectivity index (χ3n) is 2.48. The second kappa shape index (κ2) is 5.75. The van der Waals surface area contributed by atoms with Crippen LogP contribution >= 0.6 is 11.8 Å².